The van der Waals surface area contributed by atoms with Crippen LogP contribution in [0.5, 0.6) is 0 Å². The van der Waals surface area contributed by atoms with Gasteiger partial charge in [-0.25, -0.2) is 4.72 Å². The molecule has 0 aliphatic heterocycles. The number of quaternary nitrogens is 1. The Kier molecular flexibility index (Phi) is 6.35. The molecule has 0 amide bonds. The van der Waals surface area contributed by atoms with Gasteiger partial charge in [0.25, 0.3) is 0 Å². The van der Waals surface area contributed by atoms with Gasteiger partial charge in [-0.2, -0.15) is 0 Å². The number of nitrogens with zero attached hydrogens (tertiary/aromatic N) is 1. The molecule has 0 radical (unpaired) electrons. The summed E-state index contributed by atoms with van der Waals surface area (Å²) in [5.41, 5.74) is 0. The molecule has 0 saturated carbocycles. The van der Waals surface area contributed by atoms with Crippen molar-refractivity contribution in [2.75, 3.05) is 27.2 Å². The van der Waals surface area contributed by atoms with Gasteiger partial charge in [-0.3, -0.25) is 4.21 Å². The van der Waals surface area contributed by atoms with E-state index in [2.05, 4.69) is 4.72 Å². The van der Waals surface area contributed by atoms with Gasteiger partial charge in [0.1, 0.15) is 0 Å². The van der Waals surface area contributed by atoms with E-state index in [1.165, 1.54) is 14.1 Å². The van der Waals surface area contributed by atoms with Crippen molar-refractivity contribution in [2.24, 2.45) is 0 Å². The normalized spacial score (nSPS) is 13.7. The number of rotatable bonds is 5. The molecule has 0 fully saturated rings. The SMILES string of the molecule is C[N+](C)([O-])CCCNS(=O)[O-].[Rf]. The van der Waals surface area contributed by atoms with Crippen LogP contribution >= 0.6 is 0 Å². The van der Waals surface area contributed by atoms with Crippen molar-refractivity contribution in [3.63, 3.8) is 0 Å². The van der Waals surface area contributed by atoms with Crippen molar-refractivity contribution >= 4 is 11.3 Å². The minimum atomic E-state index is -2.20. The maximum absolute atomic E-state index is 10.9. The summed E-state index contributed by atoms with van der Waals surface area (Å²) in [7, 11) is 3.04. The zero-order chi connectivity index (χ0) is 8.91. The molecule has 0 aromatic carbocycles. The molecule has 5 nitrogen and oxygen atoms in total. The Bertz CT molecular complexity index is 139. The standard InChI is InChI=1S/C5H14N2O3S.Rf/c1-7(2,8)5-3-4-6-11(9)10;/h6H,3-5H2,1-2H3,(H,9,10);/p-1. The first-order chi connectivity index (χ1) is 4.92. The molecule has 0 aliphatic carbocycles. The van der Waals surface area contributed by atoms with E-state index in [0.29, 0.717) is 19.5 Å². The third kappa shape index (κ3) is 11.7. The molecule has 0 aromatic heterocycles. The molecule has 1 unspecified atom stereocenters. The van der Waals surface area contributed by atoms with Crippen molar-refractivity contribution in [3.05, 3.63) is 5.21 Å². The van der Waals surface area contributed by atoms with Crippen molar-refractivity contribution in [2.45, 2.75) is 6.42 Å². The average molecular weight is 448 g/mol. The van der Waals surface area contributed by atoms with E-state index in [0.717, 1.165) is 0 Å². The predicted octanol–water partition coefficient (Wildman–Crippen LogP) is -0.666. The molecule has 1 atom stereocenters. The summed E-state index contributed by atoms with van der Waals surface area (Å²) in [5, 5.41) is 10.9. The van der Waals surface area contributed by atoms with Crippen LogP contribution < -0.4 is 4.72 Å². The minimum Gasteiger partial charge on any atom is -0.760 e. The van der Waals surface area contributed by atoms with E-state index in [1.807, 2.05) is 0 Å². The zero-order valence-electron chi connectivity index (χ0n) is 7.41. The van der Waals surface area contributed by atoms with Crippen LogP contribution in [0.3, 0.4) is 0 Å². The van der Waals surface area contributed by atoms with E-state index in [1.54, 1.807) is 0 Å². The largest absolute Gasteiger partial charge is 0.760 e. The van der Waals surface area contributed by atoms with Gasteiger partial charge in [0, 0.05) is 24.2 Å². The summed E-state index contributed by atoms with van der Waals surface area (Å²) < 4.78 is 21.7. The van der Waals surface area contributed by atoms with Crippen molar-refractivity contribution < 1.29 is 13.4 Å². The maximum atomic E-state index is 10.9. The number of nitrogens with one attached hydrogen (secondary N) is 1. The maximum Gasteiger partial charge on any atom is 0.0792 e. The van der Waals surface area contributed by atoms with E-state index < -0.39 is 11.3 Å². The van der Waals surface area contributed by atoms with E-state index in [4.69, 9.17) is 0 Å². The second-order valence-electron chi connectivity index (χ2n) is 2.78. The third-order valence-electron chi connectivity index (χ3n) is 1.09. The molecular formula is C5H13N2O3RfS-. The topological polar surface area (TPSA) is 75.2 Å². The fourth-order valence-corrected chi connectivity index (χ4v) is 0.926. The van der Waals surface area contributed by atoms with Gasteiger partial charge >= 0.3 is 0 Å². The number of hydroxylamine groups is 3. The summed E-state index contributed by atoms with van der Waals surface area (Å²) in [6, 6.07) is 0. The molecule has 0 heterocycles. The minimum absolute atomic E-state index is 0. The Morgan fingerprint density at radius 3 is 2.33 bits per heavy atom. The van der Waals surface area contributed by atoms with Crippen LogP contribution in [0.4, 0.5) is 0 Å². The molecule has 0 rings (SSSR count). The Morgan fingerprint density at radius 2 is 2.00 bits per heavy atom. The monoisotopic (exact) mass is 448 g/mol. The van der Waals surface area contributed by atoms with Crippen LogP contribution in [0.1, 0.15) is 6.42 Å². The molecule has 0 aromatic rings. The molecule has 0 aliphatic rings. The molecule has 7 heteroatoms. The van der Waals surface area contributed by atoms with Gasteiger partial charge in [-0.1, -0.05) is 0 Å². The Hall–Kier alpha value is -1.01. The van der Waals surface area contributed by atoms with E-state index in [-0.39, 0.29) is 4.65 Å². The average Bonchev–Trinajstić information content (AvgIpc) is 1.78. The molecule has 0 bridgehead atoms. The number of hydrogen-bond donors (Lipinski definition) is 1. The first-order valence-electron chi connectivity index (χ1n) is 3.28. The van der Waals surface area contributed by atoms with Crippen molar-refractivity contribution in [1.82, 2.24) is 4.72 Å². The van der Waals surface area contributed by atoms with Gasteiger partial charge in [-0.15, -0.1) is 0 Å². The van der Waals surface area contributed by atoms with Crippen molar-refractivity contribution in [3.8, 4) is 0 Å². The summed E-state index contributed by atoms with van der Waals surface area (Å²) in [6.45, 7) is 0.754. The van der Waals surface area contributed by atoms with Crippen LogP contribution in [0.15, 0.2) is 0 Å². The molecular weight excluding hydrogens is 435 g/mol. The molecule has 1 N–H and O–H groups in total. The fraction of sp³-hybridized carbons (Fsp3) is 1.00. The van der Waals surface area contributed by atoms with Gasteiger partial charge in [0.05, 0.1) is 20.6 Å². The quantitative estimate of drug-likeness (QED) is 0.263. The molecule has 12 heavy (non-hydrogen) atoms. The van der Waals surface area contributed by atoms with Gasteiger partial charge < -0.3 is 14.4 Å². The Balaban J connectivity index is 0. The predicted molar refractivity (Wildman–Crippen MR) is 41.9 cm³/mol. The summed E-state index contributed by atoms with van der Waals surface area (Å²) in [6.07, 6.45) is 0.560. The fourth-order valence-electron chi connectivity index (χ4n) is 0.615. The second-order valence-corrected chi connectivity index (χ2v) is 3.54. The second kappa shape index (κ2) is 5.62. The van der Waals surface area contributed by atoms with Crippen LogP contribution in [-0.4, -0.2) is 40.6 Å². The van der Waals surface area contributed by atoms with Crippen LogP contribution in [0.25, 0.3) is 0 Å². The summed E-state index contributed by atoms with van der Waals surface area (Å²) in [4.78, 5) is 0. The third-order valence-corrected chi connectivity index (χ3v) is 1.53. The Morgan fingerprint density at radius 1 is 1.50 bits per heavy atom. The van der Waals surface area contributed by atoms with Crippen LogP contribution in [0.2, 0.25) is 0 Å². The van der Waals surface area contributed by atoms with E-state index >= 15 is 0 Å². The van der Waals surface area contributed by atoms with Crippen molar-refractivity contribution in [1.29, 1.82) is 0 Å². The van der Waals surface area contributed by atoms with Crippen LogP contribution in [-0.2, 0) is 11.3 Å². The molecule has 0 spiro atoms. The first kappa shape index (κ1) is 13.6. The van der Waals surface area contributed by atoms with E-state index in [9.17, 15) is 14.0 Å². The molecule has 0 saturated heterocycles. The van der Waals surface area contributed by atoms with Gasteiger partial charge in [0.2, 0.25) is 0 Å². The number of hydrogen-bond acceptors (Lipinski definition) is 3. The summed E-state index contributed by atoms with van der Waals surface area (Å²) >= 11 is -2.20. The smallest absolute Gasteiger partial charge is 0.0792 e. The van der Waals surface area contributed by atoms with Crippen LogP contribution in [0, 0.1) is 5.21 Å². The summed E-state index contributed by atoms with van der Waals surface area (Å²) in [5.74, 6) is 0. The molecule has 70 valence electrons. The zero-order valence-corrected chi connectivity index (χ0v) is 14.6. The van der Waals surface area contributed by atoms with Gasteiger partial charge in [-0.05, 0) is 0 Å². The first-order valence-corrected chi connectivity index (χ1v) is 4.36. The Labute approximate surface area is 69.0 Å². The van der Waals surface area contributed by atoms with Gasteiger partial charge in [0.15, 0.2) is 0 Å².